The van der Waals surface area contributed by atoms with E-state index in [1.807, 2.05) is 45.0 Å². The molecule has 7 heteroatoms. The van der Waals surface area contributed by atoms with Gasteiger partial charge < -0.3 is 10.1 Å². The topological polar surface area (TPSA) is 75.7 Å². The third kappa shape index (κ3) is 6.07. The first-order valence-electron chi connectivity index (χ1n) is 9.27. The van der Waals surface area contributed by atoms with Gasteiger partial charge in [-0.25, -0.2) is 8.42 Å². The van der Waals surface area contributed by atoms with Gasteiger partial charge >= 0.3 is 0 Å². The Kier molecular flexibility index (Phi) is 7.60. The molecule has 0 aromatic heterocycles. The van der Waals surface area contributed by atoms with Crippen molar-refractivity contribution in [3.63, 3.8) is 0 Å². The standard InChI is InChI=1S/C21H28N2O4S/c1-16(2)23(4)28(25,26)20-12-10-18(11-13-20)22-21(24)9-6-14-27-19-8-5-7-17(3)15-19/h5,7-8,10-13,15-16H,6,9,14H2,1-4H3,(H,22,24). The molecular formula is C21H28N2O4S. The van der Waals surface area contributed by atoms with Gasteiger partial charge in [-0.15, -0.1) is 0 Å². The summed E-state index contributed by atoms with van der Waals surface area (Å²) in [5.74, 6) is 0.659. The molecule has 2 aromatic carbocycles. The Bertz CT molecular complexity index is 893. The summed E-state index contributed by atoms with van der Waals surface area (Å²) in [6.45, 7) is 6.08. The third-order valence-electron chi connectivity index (χ3n) is 4.35. The maximum atomic E-state index is 12.4. The van der Waals surface area contributed by atoms with Crippen LogP contribution in [0.25, 0.3) is 0 Å². The molecule has 0 spiro atoms. The lowest BCUT2D eigenvalue weighted by atomic mass is 10.2. The Morgan fingerprint density at radius 1 is 1.14 bits per heavy atom. The Hall–Kier alpha value is -2.38. The molecule has 0 radical (unpaired) electrons. The molecule has 0 aliphatic heterocycles. The highest BCUT2D eigenvalue weighted by Gasteiger charge is 2.22. The summed E-state index contributed by atoms with van der Waals surface area (Å²) < 4.78 is 31.8. The molecule has 2 aromatic rings. The van der Waals surface area contributed by atoms with Gasteiger partial charge in [0.1, 0.15) is 5.75 Å². The van der Waals surface area contributed by atoms with Crippen molar-refractivity contribution in [2.75, 3.05) is 19.0 Å². The second-order valence-corrected chi connectivity index (χ2v) is 8.95. The van der Waals surface area contributed by atoms with Crippen molar-refractivity contribution in [2.45, 2.75) is 44.6 Å². The maximum absolute atomic E-state index is 12.4. The average Bonchev–Trinajstić information content (AvgIpc) is 2.65. The van der Waals surface area contributed by atoms with Crippen LogP contribution in [-0.4, -0.2) is 38.3 Å². The second kappa shape index (κ2) is 9.71. The van der Waals surface area contributed by atoms with Crippen LogP contribution in [-0.2, 0) is 14.8 Å². The van der Waals surface area contributed by atoms with Crippen molar-refractivity contribution in [1.29, 1.82) is 0 Å². The third-order valence-corrected chi connectivity index (χ3v) is 6.40. The molecule has 1 amide bonds. The number of sulfonamides is 1. The van der Waals surface area contributed by atoms with E-state index in [-0.39, 0.29) is 16.8 Å². The van der Waals surface area contributed by atoms with Crippen molar-refractivity contribution < 1.29 is 17.9 Å². The van der Waals surface area contributed by atoms with E-state index in [1.54, 1.807) is 19.2 Å². The summed E-state index contributed by atoms with van der Waals surface area (Å²) in [7, 11) is -1.98. The molecule has 0 heterocycles. The number of hydrogen-bond donors (Lipinski definition) is 1. The molecule has 0 atom stereocenters. The van der Waals surface area contributed by atoms with Gasteiger partial charge in [0.25, 0.3) is 0 Å². The number of nitrogens with zero attached hydrogens (tertiary/aromatic N) is 1. The quantitative estimate of drug-likeness (QED) is 0.645. The lowest BCUT2D eigenvalue weighted by molar-refractivity contribution is -0.116. The number of carbonyl (C=O) groups excluding carboxylic acids is 1. The molecule has 1 N–H and O–H groups in total. The lowest BCUT2D eigenvalue weighted by Crippen LogP contribution is -2.33. The number of rotatable bonds is 9. The largest absolute Gasteiger partial charge is 0.494 e. The molecule has 28 heavy (non-hydrogen) atoms. The van der Waals surface area contributed by atoms with E-state index in [4.69, 9.17) is 4.74 Å². The molecule has 2 rings (SSSR count). The first-order valence-corrected chi connectivity index (χ1v) is 10.7. The monoisotopic (exact) mass is 404 g/mol. The Labute approximate surface area is 167 Å². The number of aryl methyl sites for hydroxylation is 1. The average molecular weight is 405 g/mol. The van der Waals surface area contributed by atoms with Crippen LogP contribution in [0.15, 0.2) is 53.4 Å². The molecule has 0 bridgehead atoms. The normalized spacial score (nSPS) is 11.6. The summed E-state index contributed by atoms with van der Waals surface area (Å²) in [5.41, 5.74) is 1.69. The van der Waals surface area contributed by atoms with E-state index in [1.165, 1.54) is 16.4 Å². The highest BCUT2D eigenvalue weighted by molar-refractivity contribution is 7.89. The van der Waals surface area contributed by atoms with Crippen molar-refractivity contribution in [2.24, 2.45) is 0 Å². The summed E-state index contributed by atoms with van der Waals surface area (Å²) >= 11 is 0. The fraction of sp³-hybridized carbons (Fsp3) is 0.381. The van der Waals surface area contributed by atoms with Crippen LogP contribution in [0.1, 0.15) is 32.3 Å². The molecule has 0 aliphatic rings. The summed E-state index contributed by atoms with van der Waals surface area (Å²) in [6, 6.07) is 13.8. The zero-order valence-corrected chi connectivity index (χ0v) is 17.6. The Morgan fingerprint density at radius 2 is 1.82 bits per heavy atom. The molecule has 6 nitrogen and oxygen atoms in total. The van der Waals surface area contributed by atoms with Gasteiger partial charge in [-0.05, 0) is 69.2 Å². The van der Waals surface area contributed by atoms with Crippen molar-refractivity contribution >= 4 is 21.6 Å². The van der Waals surface area contributed by atoms with Gasteiger partial charge in [0.15, 0.2) is 0 Å². The van der Waals surface area contributed by atoms with Crippen LogP contribution >= 0.6 is 0 Å². The van der Waals surface area contributed by atoms with Crippen molar-refractivity contribution in [1.82, 2.24) is 4.31 Å². The SMILES string of the molecule is Cc1cccc(OCCCC(=O)Nc2ccc(S(=O)(=O)N(C)C(C)C)cc2)c1. The van der Waals surface area contributed by atoms with Crippen LogP contribution in [0.5, 0.6) is 5.75 Å². The molecule has 0 fully saturated rings. The molecule has 0 saturated heterocycles. The van der Waals surface area contributed by atoms with Crippen LogP contribution < -0.4 is 10.1 Å². The van der Waals surface area contributed by atoms with Crippen molar-refractivity contribution in [3.8, 4) is 5.75 Å². The minimum absolute atomic E-state index is 0.133. The number of benzene rings is 2. The zero-order valence-electron chi connectivity index (χ0n) is 16.8. The summed E-state index contributed by atoms with van der Waals surface area (Å²) in [4.78, 5) is 12.3. The molecular weight excluding hydrogens is 376 g/mol. The van der Waals surface area contributed by atoms with E-state index in [9.17, 15) is 13.2 Å². The van der Waals surface area contributed by atoms with Crippen LogP contribution in [0, 0.1) is 6.92 Å². The lowest BCUT2D eigenvalue weighted by Gasteiger charge is -2.21. The number of ether oxygens (including phenoxy) is 1. The predicted molar refractivity (Wildman–Crippen MR) is 111 cm³/mol. The summed E-state index contributed by atoms with van der Waals surface area (Å²) in [6.07, 6.45) is 0.910. The number of hydrogen-bond acceptors (Lipinski definition) is 4. The van der Waals surface area contributed by atoms with E-state index >= 15 is 0 Å². The maximum Gasteiger partial charge on any atom is 0.243 e. The number of amides is 1. The summed E-state index contributed by atoms with van der Waals surface area (Å²) in [5, 5.41) is 2.78. The molecule has 152 valence electrons. The van der Waals surface area contributed by atoms with Gasteiger partial charge in [-0.1, -0.05) is 12.1 Å². The van der Waals surface area contributed by atoms with E-state index in [0.29, 0.717) is 25.1 Å². The second-order valence-electron chi connectivity index (χ2n) is 6.96. The van der Waals surface area contributed by atoms with E-state index < -0.39 is 10.0 Å². The zero-order chi connectivity index (χ0) is 20.7. The van der Waals surface area contributed by atoms with Crippen LogP contribution in [0.2, 0.25) is 0 Å². The first kappa shape index (κ1) is 21.9. The fourth-order valence-electron chi connectivity index (χ4n) is 2.51. The van der Waals surface area contributed by atoms with Gasteiger partial charge in [0.2, 0.25) is 15.9 Å². The van der Waals surface area contributed by atoms with Gasteiger partial charge in [0.05, 0.1) is 11.5 Å². The van der Waals surface area contributed by atoms with Gasteiger partial charge in [0, 0.05) is 25.2 Å². The molecule has 0 unspecified atom stereocenters. The highest BCUT2D eigenvalue weighted by atomic mass is 32.2. The number of carbonyl (C=O) groups is 1. The predicted octanol–water partition coefficient (Wildman–Crippen LogP) is 3.82. The van der Waals surface area contributed by atoms with Crippen LogP contribution in [0.4, 0.5) is 5.69 Å². The Morgan fingerprint density at radius 3 is 2.43 bits per heavy atom. The number of nitrogens with one attached hydrogen (secondary N) is 1. The van der Waals surface area contributed by atoms with E-state index in [0.717, 1.165) is 11.3 Å². The minimum Gasteiger partial charge on any atom is -0.494 e. The molecule has 0 saturated carbocycles. The first-order chi connectivity index (χ1) is 13.2. The smallest absolute Gasteiger partial charge is 0.243 e. The number of anilines is 1. The minimum atomic E-state index is -3.53. The van der Waals surface area contributed by atoms with Gasteiger partial charge in [-0.3, -0.25) is 4.79 Å². The Balaban J connectivity index is 1.82. The van der Waals surface area contributed by atoms with E-state index in [2.05, 4.69) is 5.32 Å². The van der Waals surface area contributed by atoms with Crippen molar-refractivity contribution in [3.05, 3.63) is 54.1 Å². The highest BCUT2D eigenvalue weighted by Crippen LogP contribution is 2.19. The van der Waals surface area contributed by atoms with Crippen LogP contribution in [0.3, 0.4) is 0 Å². The fourth-order valence-corrected chi connectivity index (χ4v) is 3.87. The van der Waals surface area contributed by atoms with Gasteiger partial charge in [-0.2, -0.15) is 4.31 Å². The molecule has 0 aliphatic carbocycles.